The maximum absolute atomic E-state index is 12.5. The van der Waals surface area contributed by atoms with E-state index in [1.165, 1.54) is 17.7 Å². The smallest absolute Gasteiger partial charge is 0.262 e. The number of carbonyl (C=O) groups is 1. The van der Waals surface area contributed by atoms with Gasteiger partial charge in [-0.2, -0.15) is 0 Å². The summed E-state index contributed by atoms with van der Waals surface area (Å²) >= 11 is 1.32. The van der Waals surface area contributed by atoms with Crippen LogP contribution >= 0.6 is 11.3 Å². The van der Waals surface area contributed by atoms with Crippen molar-refractivity contribution in [3.63, 3.8) is 0 Å². The van der Waals surface area contributed by atoms with Crippen molar-refractivity contribution in [3.8, 4) is 5.75 Å². The Bertz CT molecular complexity index is 957. The molecule has 0 fully saturated rings. The van der Waals surface area contributed by atoms with E-state index in [9.17, 15) is 4.79 Å². The summed E-state index contributed by atoms with van der Waals surface area (Å²) in [5.74, 6) is 1.26. The third-order valence-electron chi connectivity index (χ3n) is 4.22. The molecule has 1 atom stereocenters. The molecule has 0 saturated heterocycles. The Hall–Kier alpha value is -2.71. The molecule has 3 N–H and O–H groups in total. The van der Waals surface area contributed by atoms with Crippen molar-refractivity contribution in [2.45, 2.75) is 26.4 Å². The van der Waals surface area contributed by atoms with Crippen LogP contribution in [-0.4, -0.2) is 40.7 Å². The summed E-state index contributed by atoms with van der Waals surface area (Å²) < 4.78 is 5.38. The number of thiophene rings is 1. The fourth-order valence-electron chi connectivity index (χ4n) is 2.79. The second-order valence-corrected chi connectivity index (χ2v) is 7.18. The first-order valence-corrected chi connectivity index (χ1v) is 9.38. The Morgan fingerprint density at radius 1 is 1.33 bits per heavy atom. The number of aromatic nitrogens is 2. The number of amides is 1. The Balaban J connectivity index is 1.89. The van der Waals surface area contributed by atoms with Crippen molar-refractivity contribution in [3.05, 3.63) is 46.6 Å². The predicted molar refractivity (Wildman–Crippen MR) is 106 cm³/mol. The van der Waals surface area contributed by atoms with Crippen molar-refractivity contribution in [1.29, 1.82) is 0 Å². The molecular weight excluding hydrogens is 364 g/mol. The zero-order valence-corrected chi connectivity index (χ0v) is 16.3. The number of hydrogen-bond acceptors (Lipinski definition) is 7. The number of fused-ring (bicyclic) bond motifs is 1. The minimum absolute atomic E-state index is 0.110. The minimum Gasteiger partial charge on any atom is -0.496 e. The summed E-state index contributed by atoms with van der Waals surface area (Å²) in [6.45, 7) is 4.06. The average molecular weight is 386 g/mol. The molecule has 0 aliphatic rings. The normalized spacial score (nSPS) is 12.0. The lowest BCUT2D eigenvalue weighted by Crippen LogP contribution is -2.34. The number of ether oxygens (including phenoxy) is 1. The van der Waals surface area contributed by atoms with Gasteiger partial charge in [0, 0.05) is 18.2 Å². The minimum atomic E-state index is -0.309. The zero-order valence-electron chi connectivity index (χ0n) is 15.4. The van der Waals surface area contributed by atoms with Gasteiger partial charge in [0.15, 0.2) is 0 Å². The molecule has 1 aromatic carbocycles. The van der Waals surface area contributed by atoms with E-state index < -0.39 is 0 Å². The van der Waals surface area contributed by atoms with Gasteiger partial charge in [-0.3, -0.25) is 4.79 Å². The molecule has 0 aliphatic heterocycles. The third kappa shape index (κ3) is 4.01. The van der Waals surface area contributed by atoms with Crippen molar-refractivity contribution in [2.24, 2.45) is 0 Å². The van der Waals surface area contributed by atoms with Crippen LogP contribution < -0.4 is 15.4 Å². The molecular formula is C19H22N4O3S. The molecule has 27 heavy (non-hydrogen) atoms. The van der Waals surface area contributed by atoms with E-state index in [0.29, 0.717) is 17.2 Å². The highest BCUT2D eigenvalue weighted by Gasteiger charge is 2.20. The van der Waals surface area contributed by atoms with Crippen LogP contribution in [0.25, 0.3) is 10.2 Å². The van der Waals surface area contributed by atoms with E-state index in [4.69, 9.17) is 9.84 Å². The van der Waals surface area contributed by atoms with Crippen LogP contribution in [0.2, 0.25) is 0 Å². The number of aliphatic hydroxyl groups is 1. The molecule has 1 amide bonds. The first-order valence-electron chi connectivity index (χ1n) is 8.56. The largest absolute Gasteiger partial charge is 0.496 e. The third-order valence-corrected chi connectivity index (χ3v) is 5.42. The summed E-state index contributed by atoms with van der Waals surface area (Å²) in [5.41, 5.74) is 1.83. The van der Waals surface area contributed by atoms with Gasteiger partial charge in [-0.05, 0) is 25.5 Å². The van der Waals surface area contributed by atoms with Crippen molar-refractivity contribution < 1.29 is 14.6 Å². The predicted octanol–water partition coefficient (Wildman–Crippen LogP) is 2.73. The molecule has 0 saturated carbocycles. The molecule has 3 aromatic rings. The number of rotatable bonds is 7. The molecule has 3 rings (SSSR count). The van der Waals surface area contributed by atoms with Gasteiger partial charge in [0.05, 0.1) is 24.0 Å². The van der Waals surface area contributed by atoms with E-state index in [2.05, 4.69) is 20.6 Å². The van der Waals surface area contributed by atoms with Gasteiger partial charge in [-0.1, -0.05) is 18.2 Å². The lowest BCUT2D eigenvalue weighted by Gasteiger charge is -2.11. The van der Waals surface area contributed by atoms with Crippen LogP contribution in [0.5, 0.6) is 5.75 Å². The van der Waals surface area contributed by atoms with Crippen LogP contribution in [-0.2, 0) is 6.54 Å². The molecule has 8 heteroatoms. The maximum atomic E-state index is 12.5. The van der Waals surface area contributed by atoms with E-state index in [1.807, 2.05) is 31.2 Å². The molecule has 142 valence electrons. The summed E-state index contributed by atoms with van der Waals surface area (Å²) in [4.78, 5) is 22.5. The van der Waals surface area contributed by atoms with Gasteiger partial charge >= 0.3 is 0 Å². The number of methoxy groups -OCH3 is 1. The first kappa shape index (κ1) is 19.1. The van der Waals surface area contributed by atoms with Crippen LogP contribution in [0.4, 0.5) is 5.82 Å². The second kappa shape index (κ2) is 8.32. The van der Waals surface area contributed by atoms with E-state index >= 15 is 0 Å². The standard InChI is InChI=1S/C19H22N4O3S/c1-11(9-24)23-18(25)16-12(2)15-17(21-10-22-19(15)27-16)20-8-13-6-4-5-7-14(13)26-3/h4-7,10-11,24H,8-9H2,1-3H3,(H,23,25)(H,20,21,22). The van der Waals surface area contributed by atoms with Crippen LogP contribution in [0.3, 0.4) is 0 Å². The van der Waals surface area contributed by atoms with Crippen molar-refractivity contribution in [2.75, 3.05) is 19.0 Å². The Kier molecular flexibility index (Phi) is 5.88. The summed E-state index contributed by atoms with van der Waals surface area (Å²) in [7, 11) is 1.64. The van der Waals surface area contributed by atoms with Gasteiger partial charge < -0.3 is 20.5 Å². The number of anilines is 1. The van der Waals surface area contributed by atoms with E-state index in [1.54, 1.807) is 14.0 Å². The lowest BCUT2D eigenvalue weighted by atomic mass is 10.1. The maximum Gasteiger partial charge on any atom is 0.262 e. The number of aryl methyl sites for hydroxylation is 1. The second-order valence-electron chi connectivity index (χ2n) is 6.18. The Labute approximate surface area is 161 Å². The number of para-hydroxylation sites is 1. The fraction of sp³-hybridized carbons (Fsp3) is 0.316. The van der Waals surface area contributed by atoms with Crippen LogP contribution in [0.15, 0.2) is 30.6 Å². The Morgan fingerprint density at radius 2 is 2.11 bits per heavy atom. The summed E-state index contributed by atoms with van der Waals surface area (Å²) in [6.07, 6.45) is 1.49. The lowest BCUT2D eigenvalue weighted by molar-refractivity contribution is 0.0926. The Morgan fingerprint density at radius 3 is 2.85 bits per heavy atom. The number of benzene rings is 1. The first-order chi connectivity index (χ1) is 13.0. The van der Waals surface area contributed by atoms with E-state index in [0.717, 1.165) is 27.1 Å². The number of aliphatic hydroxyl groups excluding tert-OH is 1. The number of carbonyl (C=O) groups excluding carboxylic acids is 1. The molecule has 0 bridgehead atoms. The molecule has 0 spiro atoms. The highest BCUT2D eigenvalue weighted by molar-refractivity contribution is 7.20. The topological polar surface area (TPSA) is 96.4 Å². The highest BCUT2D eigenvalue weighted by Crippen LogP contribution is 2.33. The quantitative estimate of drug-likeness (QED) is 0.578. The molecule has 0 radical (unpaired) electrons. The van der Waals surface area contributed by atoms with Crippen molar-refractivity contribution in [1.82, 2.24) is 15.3 Å². The van der Waals surface area contributed by atoms with E-state index in [-0.39, 0.29) is 18.6 Å². The van der Waals surface area contributed by atoms with Crippen molar-refractivity contribution >= 4 is 33.3 Å². The van der Waals surface area contributed by atoms with Gasteiger partial charge in [-0.15, -0.1) is 11.3 Å². The van der Waals surface area contributed by atoms with Crippen LogP contribution in [0.1, 0.15) is 27.7 Å². The van der Waals surface area contributed by atoms with Gasteiger partial charge in [0.2, 0.25) is 0 Å². The molecule has 2 heterocycles. The van der Waals surface area contributed by atoms with Gasteiger partial charge in [0.25, 0.3) is 5.91 Å². The average Bonchev–Trinajstić information content (AvgIpc) is 3.03. The number of nitrogens with one attached hydrogen (secondary N) is 2. The molecule has 0 aliphatic carbocycles. The monoisotopic (exact) mass is 386 g/mol. The molecule has 1 unspecified atom stereocenters. The van der Waals surface area contributed by atoms with Gasteiger partial charge in [-0.25, -0.2) is 9.97 Å². The SMILES string of the molecule is COc1ccccc1CNc1ncnc2sc(C(=O)NC(C)CO)c(C)c12. The number of nitrogens with zero attached hydrogens (tertiary/aromatic N) is 2. The van der Waals surface area contributed by atoms with Crippen LogP contribution in [0, 0.1) is 6.92 Å². The summed E-state index contributed by atoms with van der Waals surface area (Å²) in [5, 5.41) is 16.1. The fourth-order valence-corrected chi connectivity index (χ4v) is 3.84. The number of hydrogen-bond donors (Lipinski definition) is 3. The highest BCUT2D eigenvalue weighted by atomic mass is 32.1. The molecule has 7 nitrogen and oxygen atoms in total. The summed E-state index contributed by atoms with van der Waals surface area (Å²) in [6, 6.07) is 7.46. The van der Waals surface area contributed by atoms with Gasteiger partial charge in [0.1, 0.15) is 22.7 Å². The zero-order chi connectivity index (χ0) is 19.4. The molecule has 2 aromatic heterocycles.